The standard InChI is InChI=1S/C12H22O3S/c1-2-6-14-12(5-1)15-8-9-16-10-11-4-3-7-13-11/h11-12H,1-10H2/t11-,12+/m1/s1. The molecule has 0 radical (unpaired) electrons. The van der Waals surface area contributed by atoms with Crippen LogP contribution in [0.2, 0.25) is 0 Å². The highest BCUT2D eigenvalue weighted by atomic mass is 32.2. The lowest BCUT2D eigenvalue weighted by Gasteiger charge is -2.22. The topological polar surface area (TPSA) is 27.7 Å². The van der Waals surface area contributed by atoms with Crippen molar-refractivity contribution in [2.45, 2.75) is 44.5 Å². The van der Waals surface area contributed by atoms with E-state index in [1.54, 1.807) is 0 Å². The molecular formula is C12H22O3S. The molecule has 0 unspecified atom stereocenters. The molecule has 0 aromatic heterocycles. The van der Waals surface area contributed by atoms with Gasteiger partial charge in [0.15, 0.2) is 6.29 Å². The Bertz CT molecular complexity index is 177. The second-order valence-corrected chi connectivity index (χ2v) is 5.53. The quantitative estimate of drug-likeness (QED) is 0.673. The van der Waals surface area contributed by atoms with E-state index in [1.807, 2.05) is 11.8 Å². The summed E-state index contributed by atoms with van der Waals surface area (Å²) >= 11 is 1.93. The van der Waals surface area contributed by atoms with Gasteiger partial charge in [0, 0.05) is 24.7 Å². The molecule has 3 nitrogen and oxygen atoms in total. The first-order valence-corrected chi connectivity index (χ1v) is 7.53. The van der Waals surface area contributed by atoms with Crippen molar-refractivity contribution in [3.05, 3.63) is 0 Å². The van der Waals surface area contributed by atoms with Crippen LogP contribution in [0.3, 0.4) is 0 Å². The molecule has 2 rings (SSSR count). The molecular weight excluding hydrogens is 224 g/mol. The molecule has 94 valence electrons. The molecule has 0 aromatic carbocycles. The van der Waals surface area contributed by atoms with Gasteiger partial charge in [0.25, 0.3) is 0 Å². The molecule has 0 bridgehead atoms. The maximum atomic E-state index is 5.66. The summed E-state index contributed by atoms with van der Waals surface area (Å²) in [6.07, 6.45) is 6.53. The summed E-state index contributed by atoms with van der Waals surface area (Å²) in [7, 11) is 0. The molecule has 4 heteroatoms. The highest BCUT2D eigenvalue weighted by Gasteiger charge is 2.16. The summed E-state index contributed by atoms with van der Waals surface area (Å²) in [5.41, 5.74) is 0. The molecule has 0 aliphatic carbocycles. The second-order valence-electron chi connectivity index (χ2n) is 4.38. The lowest BCUT2D eigenvalue weighted by atomic mass is 10.2. The Morgan fingerprint density at radius 1 is 1.06 bits per heavy atom. The lowest BCUT2D eigenvalue weighted by molar-refractivity contribution is -0.158. The molecule has 2 atom stereocenters. The van der Waals surface area contributed by atoms with Gasteiger partial charge in [0.1, 0.15) is 0 Å². The Labute approximate surface area is 102 Å². The van der Waals surface area contributed by atoms with Gasteiger partial charge in [-0.3, -0.25) is 0 Å². The zero-order valence-corrected chi connectivity index (χ0v) is 10.7. The van der Waals surface area contributed by atoms with Crippen LogP contribution in [0.1, 0.15) is 32.1 Å². The maximum Gasteiger partial charge on any atom is 0.157 e. The van der Waals surface area contributed by atoms with Crippen LogP contribution in [-0.2, 0) is 14.2 Å². The van der Waals surface area contributed by atoms with Gasteiger partial charge in [-0.15, -0.1) is 0 Å². The van der Waals surface area contributed by atoms with Crippen molar-refractivity contribution in [1.29, 1.82) is 0 Å². The van der Waals surface area contributed by atoms with Crippen LogP contribution in [0.5, 0.6) is 0 Å². The molecule has 2 fully saturated rings. The molecule has 0 aromatic rings. The first-order valence-electron chi connectivity index (χ1n) is 6.38. The fraction of sp³-hybridized carbons (Fsp3) is 1.00. The predicted molar refractivity (Wildman–Crippen MR) is 65.8 cm³/mol. The van der Waals surface area contributed by atoms with Gasteiger partial charge in [-0.1, -0.05) is 0 Å². The van der Waals surface area contributed by atoms with Gasteiger partial charge < -0.3 is 14.2 Å². The minimum Gasteiger partial charge on any atom is -0.377 e. The van der Waals surface area contributed by atoms with Gasteiger partial charge in [-0.05, 0) is 32.1 Å². The first-order chi connectivity index (χ1) is 7.95. The van der Waals surface area contributed by atoms with Crippen LogP contribution < -0.4 is 0 Å². The summed E-state index contributed by atoms with van der Waals surface area (Å²) in [6, 6.07) is 0. The van der Waals surface area contributed by atoms with Crippen LogP contribution in [-0.4, -0.2) is 43.7 Å². The van der Waals surface area contributed by atoms with Crippen LogP contribution >= 0.6 is 11.8 Å². The summed E-state index contributed by atoms with van der Waals surface area (Å²) in [4.78, 5) is 0. The van der Waals surface area contributed by atoms with Crippen LogP contribution in [0.15, 0.2) is 0 Å². The largest absolute Gasteiger partial charge is 0.377 e. The van der Waals surface area contributed by atoms with E-state index in [4.69, 9.17) is 14.2 Å². The number of rotatable bonds is 6. The van der Waals surface area contributed by atoms with Gasteiger partial charge in [0.05, 0.1) is 12.7 Å². The average molecular weight is 246 g/mol. The van der Waals surface area contributed by atoms with E-state index < -0.39 is 0 Å². The Morgan fingerprint density at radius 3 is 2.75 bits per heavy atom. The summed E-state index contributed by atoms with van der Waals surface area (Å²) in [5.74, 6) is 2.18. The normalized spacial score (nSPS) is 30.8. The zero-order chi connectivity index (χ0) is 11.1. The van der Waals surface area contributed by atoms with Gasteiger partial charge in [0.2, 0.25) is 0 Å². The Kier molecular flexibility index (Phi) is 5.97. The van der Waals surface area contributed by atoms with Crippen molar-refractivity contribution in [2.24, 2.45) is 0 Å². The van der Waals surface area contributed by atoms with Crippen molar-refractivity contribution in [2.75, 3.05) is 31.3 Å². The average Bonchev–Trinajstić information content (AvgIpc) is 2.83. The summed E-state index contributed by atoms with van der Waals surface area (Å²) in [5, 5.41) is 0. The van der Waals surface area contributed by atoms with Gasteiger partial charge >= 0.3 is 0 Å². The smallest absolute Gasteiger partial charge is 0.157 e. The van der Waals surface area contributed by atoms with E-state index >= 15 is 0 Å². The third-order valence-electron chi connectivity index (χ3n) is 3.00. The van der Waals surface area contributed by atoms with E-state index in [1.165, 1.54) is 25.7 Å². The van der Waals surface area contributed by atoms with Crippen molar-refractivity contribution < 1.29 is 14.2 Å². The van der Waals surface area contributed by atoms with E-state index in [2.05, 4.69) is 0 Å². The highest BCUT2D eigenvalue weighted by Crippen LogP contribution is 2.18. The molecule has 0 N–H and O–H groups in total. The number of hydrogen-bond acceptors (Lipinski definition) is 4. The SMILES string of the molecule is C1CC[C@H](OCCSC[C@H]2CCCO2)OC1. The number of thioether (sulfide) groups is 1. The van der Waals surface area contributed by atoms with E-state index in [9.17, 15) is 0 Å². The molecule has 2 saturated heterocycles. The monoisotopic (exact) mass is 246 g/mol. The van der Waals surface area contributed by atoms with E-state index in [0.29, 0.717) is 6.10 Å². The number of hydrogen-bond donors (Lipinski definition) is 0. The lowest BCUT2D eigenvalue weighted by Crippen LogP contribution is -2.23. The van der Waals surface area contributed by atoms with Gasteiger partial charge in [-0.25, -0.2) is 0 Å². The van der Waals surface area contributed by atoms with Crippen LogP contribution in [0, 0.1) is 0 Å². The Balaban J connectivity index is 1.42. The fourth-order valence-corrected chi connectivity index (χ4v) is 2.98. The molecule has 2 heterocycles. The van der Waals surface area contributed by atoms with E-state index in [0.717, 1.165) is 37.7 Å². The van der Waals surface area contributed by atoms with Crippen LogP contribution in [0.4, 0.5) is 0 Å². The van der Waals surface area contributed by atoms with Crippen molar-refractivity contribution in [1.82, 2.24) is 0 Å². The molecule has 16 heavy (non-hydrogen) atoms. The summed E-state index contributed by atoms with van der Waals surface area (Å²) < 4.78 is 16.7. The second kappa shape index (κ2) is 7.54. The third-order valence-corrected chi connectivity index (χ3v) is 4.06. The molecule has 0 amide bonds. The minimum atomic E-state index is 0.0667. The summed E-state index contributed by atoms with van der Waals surface area (Å²) in [6.45, 7) is 2.63. The molecule has 2 aliphatic rings. The fourth-order valence-electron chi connectivity index (χ4n) is 2.07. The minimum absolute atomic E-state index is 0.0667. The van der Waals surface area contributed by atoms with Crippen LogP contribution in [0.25, 0.3) is 0 Å². The highest BCUT2D eigenvalue weighted by molar-refractivity contribution is 7.99. The maximum absolute atomic E-state index is 5.66. The Hall–Kier alpha value is 0.230. The van der Waals surface area contributed by atoms with E-state index in [-0.39, 0.29) is 6.29 Å². The molecule has 2 aliphatic heterocycles. The van der Waals surface area contributed by atoms with Gasteiger partial charge in [-0.2, -0.15) is 11.8 Å². The Morgan fingerprint density at radius 2 is 2.00 bits per heavy atom. The molecule has 0 spiro atoms. The number of ether oxygens (including phenoxy) is 3. The third kappa shape index (κ3) is 4.62. The van der Waals surface area contributed by atoms with Crippen molar-refractivity contribution in [3.8, 4) is 0 Å². The predicted octanol–water partition coefficient (Wildman–Crippen LogP) is 2.44. The van der Waals surface area contributed by atoms with Crippen molar-refractivity contribution >= 4 is 11.8 Å². The molecule has 0 saturated carbocycles. The van der Waals surface area contributed by atoms with Crippen molar-refractivity contribution in [3.63, 3.8) is 0 Å². The zero-order valence-electron chi connectivity index (χ0n) is 9.86. The first kappa shape index (κ1) is 12.7.